The average molecular weight is 327 g/mol. The van der Waals surface area contributed by atoms with Gasteiger partial charge in [0.05, 0.1) is 24.1 Å². The topological polar surface area (TPSA) is 108 Å². The van der Waals surface area contributed by atoms with Gasteiger partial charge in [-0.25, -0.2) is 9.59 Å². The van der Waals surface area contributed by atoms with Crippen molar-refractivity contribution in [1.29, 1.82) is 0 Å². The van der Waals surface area contributed by atoms with Gasteiger partial charge in [0, 0.05) is 17.3 Å². The number of phenols is 2. The number of allylic oxidation sites excluding steroid dienone is 1. The number of aromatic hydroxyl groups is 2. The predicted molar refractivity (Wildman–Crippen MR) is 78.6 cm³/mol. The van der Waals surface area contributed by atoms with Crippen LogP contribution in [0, 0.1) is 0 Å². The first-order chi connectivity index (χ1) is 10.5. The molecule has 1 aromatic rings. The Bertz CT molecular complexity index is 644. The van der Waals surface area contributed by atoms with E-state index in [1.165, 1.54) is 12.1 Å². The largest absolute Gasteiger partial charge is 0.508 e. The number of nitrogens with one attached hydrogen (secondary N) is 2. The molecule has 22 heavy (non-hydrogen) atoms. The van der Waals surface area contributed by atoms with E-state index in [0.29, 0.717) is 0 Å². The van der Waals surface area contributed by atoms with Crippen molar-refractivity contribution >= 4 is 23.6 Å². The molecule has 7 nitrogen and oxygen atoms in total. The molecule has 0 fully saturated rings. The zero-order valence-electron chi connectivity index (χ0n) is 11.7. The number of carbonyl (C=O) groups is 2. The van der Waals surface area contributed by atoms with E-state index in [1.54, 1.807) is 6.92 Å². The van der Waals surface area contributed by atoms with E-state index < -0.39 is 18.0 Å². The molecule has 0 saturated carbocycles. The summed E-state index contributed by atoms with van der Waals surface area (Å²) in [5.41, 5.74) is 0.567. The van der Waals surface area contributed by atoms with Crippen molar-refractivity contribution in [2.45, 2.75) is 13.0 Å². The van der Waals surface area contributed by atoms with E-state index in [9.17, 15) is 19.8 Å². The molecular formula is C14H15ClN2O5. The maximum Gasteiger partial charge on any atom is 0.338 e. The molecule has 0 aliphatic carbocycles. The van der Waals surface area contributed by atoms with Crippen LogP contribution in [-0.4, -0.2) is 34.7 Å². The van der Waals surface area contributed by atoms with E-state index in [1.807, 2.05) is 0 Å². The fraction of sp³-hybridized carbons (Fsp3) is 0.286. The van der Waals surface area contributed by atoms with Crippen LogP contribution in [0.4, 0.5) is 4.79 Å². The molecule has 1 aromatic carbocycles. The maximum absolute atomic E-state index is 12.2. The molecule has 0 bridgehead atoms. The van der Waals surface area contributed by atoms with Gasteiger partial charge in [-0.1, -0.05) is 0 Å². The molecule has 1 aliphatic rings. The van der Waals surface area contributed by atoms with Crippen molar-refractivity contribution in [3.8, 4) is 11.5 Å². The highest BCUT2D eigenvalue weighted by Crippen LogP contribution is 2.35. The van der Waals surface area contributed by atoms with Crippen molar-refractivity contribution in [1.82, 2.24) is 10.6 Å². The Balaban J connectivity index is 2.54. The smallest absolute Gasteiger partial charge is 0.338 e. The van der Waals surface area contributed by atoms with Gasteiger partial charge in [0.25, 0.3) is 0 Å². The highest BCUT2D eigenvalue weighted by atomic mass is 35.5. The van der Waals surface area contributed by atoms with Gasteiger partial charge < -0.3 is 25.6 Å². The molecule has 0 spiro atoms. The van der Waals surface area contributed by atoms with E-state index in [-0.39, 0.29) is 40.8 Å². The van der Waals surface area contributed by atoms with Crippen LogP contribution in [0.2, 0.25) is 0 Å². The van der Waals surface area contributed by atoms with Crippen LogP contribution >= 0.6 is 11.6 Å². The molecule has 0 saturated heterocycles. The number of esters is 1. The van der Waals surface area contributed by atoms with Crippen LogP contribution in [0.5, 0.6) is 11.5 Å². The third-order valence-corrected chi connectivity index (χ3v) is 3.37. The van der Waals surface area contributed by atoms with Crippen LogP contribution in [0.3, 0.4) is 0 Å². The summed E-state index contributed by atoms with van der Waals surface area (Å²) >= 11 is 5.79. The van der Waals surface area contributed by atoms with Gasteiger partial charge >= 0.3 is 12.0 Å². The highest BCUT2D eigenvalue weighted by molar-refractivity contribution is 6.20. The van der Waals surface area contributed by atoms with E-state index >= 15 is 0 Å². The van der Waals surface area contributed by atoms with Crippen LogP contribution in [0.15, 0.2) is 29.5 Å². The molecule has 1 atom stereocenters. The lowest BCUT2D eigenvalue weighted by Gasteiger charge is -2.29. The van der Waals surface area contributed by atoms with E-state index in [2.05, 4.69) is 10.6 Å². The first-order valence-electron chi connectivity index (χ1n) is 6.53. The number of urea groups is 1. The number of benzene rings is 1. The second-order valence-electron chi connectivity index (χ2n) is 4.52. The Kier molecular flexibility index (Phi) is 4.77. The fourth-order valence-electron chi connectivity index (χ4n) is 2.18. The Labute approximate surface area is 131 Å². The van der Waals surface area contributed by atoms with E-state index in [4.69, 9.17) is 16.3 Å². The SMILES string of the molecule is CCOC(=O)C1=C(CCl)NC(=O)NC1c1ccc(O)cc1O. The predicted octanol–water partition coefficient (Wildman–Crippen LogP) is 1.51. The molecular weight excluding hydrogens is 312 g/mol. The second kappa shape index (κ2) is 6.57. The van der Waals surface area contributed by atoms with Crippen molar-refractivity contribution in [3.05, 3.63) is 35.0 Å². The number of alkyl halides is 1. The van der Waals surface area contributed by atoms with Crippen molar-refractivity contribution in [2.75, 3.05) is 12.5 Å². The molecule has 1 heterocycles. The zero-order chi connectivity index (χ0) is 16.3. The number of hydrogen-bond donors (Lipinski definition) is 4. The third-order valence-electron chi connectivity index (χ3n) is 3.11. The van der Waals surface area contributed by atoms with Gasteiger partial charge in [0.1, 0.15) is 11.5 Å². The highest BCUT2D eigenvalue weighted by Gasteiger charge is 2.34. The Morgan fingerprint density at radius 1 is 1.41 bits per heavy atom. The normalized spacial score (nSPS) is 17.7. The first-order valence-corrected chi connectivity index (χ1v) is 7.06. The first kappa shape index (κ1) is 16.0. The van der Waals surface area contributed by atoms with Gasteiger partial charge in [-0.15, -0.1) is 11.6 Å². The number of halogens is 1. The molecule has 1 aliphatic heterocycles. The third kappa shape index (κ3) is 3.09. The number of carbonyl (C=O) groups excluding carboxylic acids is 2. The zero-order valence-corrected chi connectivity index (χ0v) is 12.5. The number of phenolic OH excluding ortho intramolecular Hbond substituents is 2. The lowest BCUT2D eigenvalue weighted by molar-refractivity contribution is -0.139. The minimum Gasteiger partial charge on any atom is -0.508 e. The quantitative estimate of drug-likeness (QED) is 0.495. The molecule has 4 N–H and O–H groups in total. The van der Waals surface area contributed by atoms with Crippen molar-refractivity contribution in [2.24, 2.45) is 0 Å². The van der Waals surface area contributed by atoms with Gasteiger partial charge in [0.15, 0.2) is 0 Å². The monoisotopic (exact) mass is 326 g/mol. The maximum atomic E-state index is 12.2. The molecule has 8 heteroatoms. The van der Waals surface area contributed by atoms with Crippen LogP contribution in [0.1, 0.15) is 18.5 Å². The lowest BCUT2D eigenvalue weighted by atomic mass is 9.94. The molecule has 0 aromatic heterocycles. The average Bonchev–Trinajstić information content (AvgIpc) is 2.46. The van der Waals surface area contributed by atoms with Gasteiger partial charge in [-0.2, -0.15) is 0 Å². The van der Waals surface area contributed by atoms with Crippen molar-refractivity contribution < 1.29 is 24.5 Å². The fourth-order valence-corrected chi connectivity index (χ4v) is 2.39. The van der Waals surface area contributed by atoms with Crippen LogP contribution in [-0.2, 0) is 9.53 Å². The van der Waals surface area contributed by atoms with Crippen molar-refractivity contribution in [3.63, 3.8) is 0 Å². The Morgan fingerprint density at radius 2 is 2.14 bits per heavy atom. The van der Waals surface area contributed by atoms with Gasteiger partial charge in [-0.3, -0.25) is 0 Å². The Morgan fingerprint density at radius 3 is 2.73 bits per heavy atom. The van der Waals surface area contributed by atoms with Crippen LogP contribution in [0.25, 0.3) is 0 Å². The van der Waals surface area contributed by atoms with E-state index in [0.717, 1.165) is 6.07 Å². The number of amides is 2. The standard InChI is InChI=1S/C14H15ClN2O5/c1-2-22-13(20)11-9(6-15)16-14(21)17-12(11)8-4-3-7(18)5-10(8)19/h3-5,12,18-19H,2,6H2,1H3,(H2,16,17,21). The second-order valence-corrected chi connectivity index (χ2v) is 4.79. The minimum atomic E-state index is -0.929. The van der Waals surface area contributed by atoms with Gasteiger partial charge in [-0.05, 0) is 19.1 Å². The summed E-state index contributed by atoms with van der Waals surface area (Å²) in [6, 6.07) is 2.38. The number of rotatable bonds is 4. The summed E-state index contributed by atoms with van der Waals surface area (Å²) in [5.74, 6) is -1.15. The molecule has 1 unspecified atom stereocenters. The minimum absolute atomic E-state index is 0.100. The van der Waals surface area contributed by atoms with Crippen LogP contribution < -0.4 is 10.6 Å². The summed E-state index contributed by atoms with van der Waals surface area (Å²) in [7, 11) is 0. The molecule has 0 radical (unpaired) electrons. The molecule has 2 amide bonds. The summed E-state index contributed by atoms with van der Waals surface area (Å²) < 4.78 is 4.99. The lowest BCUT2D eigenvalue weighted by Crippen LogP contribution is -2.46. The number of hydrogen-bond acceptors (Lipinski definition) is 5. The number of ether oxygens (including phenoxy) is 1. The molecule has 118 valence electrons. The summed E-state index contributed by atoms with van der Waals surface area (Å²) in [6.07, 6.45) is 0. The summed E-state index contributed by atoms with van der Waals surface area (Å²) in [4.78, 5) is 23.9. The Hall–Kier alpha value is -2.41. The summed E-state index contributed by atoms with van der Waals surface area (Å²) in [6.45, 7) is 1.81. The summed E-state index contributed by atoms with van der Waals surface area (Å²) in [5, 5.41) is 24.3. The molecule has 2 rings (SSSR count). The van der Waals surface area contributed by atoms with Gasteiger partial charge in [0.2, 0.25) is 0 Å².